The van der Waals surface area contributed by atoms with Crippen molar-refractivity contribution < 1.29 is 23.9 Å². The number of carbonyl (C=O) groups is 3. The van der Waals surface area contributed by atoms with Crippen LogP contribution in [0, 0.1) is 0 Å². The molecule has 0 aromatic heterocycles. The van der Waals surface area contributed by atoms with E-state index >= 15 is 0 Å². The second-order valence-corrected chi connectivity index (χ2v) is 6.10. The number of methoxy groups -OCH3 is 2. The van der Waals surface area contributed by atoms with Gasteiger partial charge in [0.25, 0.3) is 0 Å². The second-order valence-electron chi connectivity index (χ2n) is 6.10. The first-order valence-electron chi connectivity index (χ1n) is 8.72. The van der Waals surface area contributed by atoms with E-state index in [4.69, 9.17) is 9.47 Å². The zero-order valence-corrected chi connectivity index (χ0v) is 15.7. The molecule has 146 valence electrons. The number of allylic oxidation sites excluding steroid dienone is 2. The molecular weight excluding hydrogens is 362 g/mol. The highest BCUT2D eigenvalue weighted by molar-refractivity contribution is 6.05. The van der Waals surface area contributed by atoms with Crippen LogP contribution < -0.4 is 15.1 Å². The molecule has 0 bridgehead atoms. The standard InChI is InChI=1S/C20H21N3O5/c1-27-19(25)16-5-3-4-11-23(18(16)20(26)28-2)15-8-6-14(7-9-15)22-12-10-21-17(24)13-22/h3-9,11H,10,12-13H2,1-2H3,(H,21,24). The molecule has 1 saturated heterocycles. The van der Waals surface area contributed by atoms with E-state index in [-0.39, 0.29) is 17.2 Å². The van der Waals surface area contributed by atoms with Gasteiger partial charge in [-0.15, -0.1) is 0 Å². The maximum Gasteiger partial charge on any atom is 0.355 e. The number of benzene rings is 1. The van der Waals surface area contributed by atoms with Gasteiger partial charge in [0.2, 0.25) is 5.91 Å². The number of hydrogen-bond acceptors (Lipinski definition) is 7. The molecule has 2 aliphatic rings. The lowest BCUT2D eigenvalue weighted by molar-refractivity contribution is -0.139. The quantitative estimate of drug-likeness (QED) is 0.780. The van der Waals surface area contributed by atoms with Crippen LogP contribution in [0.1, 0.15) is 0 Å². The Morgan fingerprint density at radius 1 is 1.00 bits per heavy atom. The summed E-state index contributed by atoms with van der Waals surface area (Å²) in [6, 6.07) is 7.37. The van der Waals surface area contributed by atoms with Crippen LogP contribution in [0.25, 0.3) is 0 Å². The van der Waals surface area contributed by atoms with Crippen LogP contribution in [0.15, 0.2) is 60.0 Å². The molecule has 0 aliphatic carbocycles. The van der Waals surface area contributed by atoms with Crippen molar-refractivity contribution in [1.82, 2.24) is 5.32 Å². The Bertz CT molecular complexity index is 870. The lowest BCUT2D eigenvalue weighted by Crippen LogP contribution is -2.47. The predicted molar refractivity (Wildman–Crippen MR) is 103 cm³/mol. The molecule has 0 atom stereocenters. The van der Waals surface area contributed by atoms with E-state index in [1.807, 2.05) is 29.2 Å². The van der Waals surface area contributed by atoms with Crippen molar-refractivity contribution in [3.05, 3.63) is 60.0 Å². The number of piperazine rings is 1. The second kappa shape index (κ2) is 8.43. The Kier molecular flexibility index (Phi) is 5.78. The van der Waals surface area contributed by atoms with Crippen molar-refractivity contribution in [2.24, 2.45) is 0 Å². The number of ether oxygens (including phenoxy) is 2. The molecule has 2 aliphatic heterocycles. The molecule has 0 spiro atoms. The molecule has 0 unspecified atom stereocenters. The maximum absolute atomic E-state index is 12.4. The fourth-order valence-corrected chi connectivity index (χ4v) is 3.05. The smallest absolute Gasteiger partial charge is 0.355 e. The van der Waals surface area contributed by atoms with Gasteiger partial charge in [0.1, 0.15) is 5.70 Å². The Morgan fingerprint density at radius 3 is 2.32 bits per heavy atom. The van der Waals surface area contributed by atoms with Crippen molar-refractivity contribution in [3.63, 3.8) is 0 Å². The van der Waals surface area contributed by atoms with Gasteiger partial charge in [-0.25, -0.2) is 9.59 Å². The molecule has 2 heterocycles. The first kappa shape index (κ1) is 19.2. The number of hydrogen-bond donors (Lipinski definition) is 1. The summed E-state index contributed by atoms with van der Waals surface area (Å²) in [5.41, 5.74) is 1.71. The van der Waals surface area contributed by atoms with E-state index in [0.29, 0.717) is 18.8 Å². The fourth-order valence-electron chi connectivity index (χ4n) is 3.05. The molecular formula is C20H21N3O5. The molecule has 1 N–H and O–H groups in total. The highest BCUT2D eigenvalue weighted by atomic mass is 16.5. The molecule has 3 rings (SSSR count). The summed E-state index contributed by atoms with van der Waals surface area (Å²) in [4.78, 5) is 39.8. The van der Waals surface area contributed by atoms with Gasteiger partial charge < -0.3 is 24.6 Å². The van der Waals surface area contributed by atoms with E-state index in [2.05, 4.69) is 5.32 Å². The lowest BCUT2D eigenvalue weighted by atomic mass is 10.1. The van der Waals surface area contributed by atoms with E-state index in [1.54, 1.807) is 23.3 Å². The fraction of sp³-hybridized carbons (Fsp3) is 0.250. The summed E-state index contributed by atoms with van der Waals surface area (Å²) in [7, 11) is 2.51. The third kappa shape index (κ3) is 3.90. The molecule has 0 radical (unpaired) electrons. The van der Waals surface area contributed by atoms with Crippen molar-refractivity contribution in [2.45, 2.75) is 0 Å². The van der Waals surface area contributed by atoms with Gasteiger partial charge in [-0.2, -0.15) is 0 Å². The number of nitrogens with zero attached hydrogens (tertiary/aromatic N) is 2. The SMILES string of the molecule is COC(=O)C1=C(C(=O)OC)N(c2ccc(N3CCNC(=O)C3)cc2)C=CC=C1. The average Bonchev–Trinajstić information content (AvgIpc) is 2.95. The summed E-state index contributed by atoms with van der Waals surface area (Å²) in [6.45, 7) is 1.62. The van der Waals surface area contributed by atoms with Gasteiger partial charge in [-0.3, -0.25) is 4.79 Å². The predicted octanol–water partition coefficient (Wildman–Crippen LogP) is 1.11. The number of anilines is 2. The van der Waals surface area contributed by atoms with Crippen LogP contribution in [-0.4, -0.2) is 51.7 Å². The minimum atomic E-state index is -0.659. The van der Waals surface area contributed by atoms with Crippen LogP contribution in [-0.2, 0) is 23.9 Å². The van der Waals surface area contributed by atoms with Gasteiger partial charge in [0.15, 0.2) is 0 Å². The van der Waals surface area contributed by atoms with E-state index in [0.717, 1.165) is 12.2 Å². The molecule has 8 nitrogen and oxygen atoms in total. The van der Waals surface area contributed by atoms with Crippen molar-refractivity contribution in [2.75, 3.05) is 43.7 Å². The highest BCUT2D eigenvalue weighted by Gasteiger charge is 2.27. The van der Waals surface area contributed by atoms with E-state index in [1.165, 1.54) is 20.3 Å². The Balaban J connectivity index is 1.97. The topological polar surface area (TPSA) is 88.2 Å². The molecule has 1 amide bonds. The van der Waals surface area contributed by atoms with Gasteiger partial charge in [0, 0.05) is 30.7 Å². The number of carbonyl (C=O) groups excluding carboxylic acids is 3. The third-order valence-corrected chi connectivity index (χ3v) is 4.42. The first-order valence-corrected chi connectivity index (χ1v) is 8.72. The maximum atomic E-state index is 12.4. The molecule has 0 saturated carbocycles. The van der Waals surface area contributed by atoms with Crippen molar-refractivity contribution in [3.8, 4) is 0 Å². The summed E-state index contributed by atoms with van der Waals surface area (Å²) in [5, 5.41) is 2.79. The molecule has 28 heavy (non-hydrogen) atoms. The number of amides is 1. The van der Waals surface area contributed by atoms with Crippen molar-refractivity contribution in [1.29, 1.82) is 0 Å². The largest absolute Gasteiger partial charge is 0.465 e. The number of esters is 2. The average molecular weight is 383 g/mol. The normalized spacial score (nSPS) is 16.6. The summed E-state index contributed by atoms with van der Waals surface area (Å²) in [5.74, 6) is -1.31. The molecule has 8 heteroatoms. The summed E-state index contributed by atoms with van der Waals surface area (Å²) < 4.78 is 9.69. The van der Waals surface area contributed by atoms with Crippen LogP contribution in [0.3, 0.4) is 0 Å². The number of nitrogens with one attached hydrogen (secondary N) is 1. The monoisotopic (exact) mass is 383 g/mol. The van der Waals surface area contributed by atoms with Gasteiger partial charge >= 0.3 is 11.9 Å². The van der Waals surface area contributed by atoms with E-state index < -0.39 is 11.9 Å². The van der Waals surface area contributed by atoms with Crippen LogP contribution in [0.2, 0.25) is 0 Å². The Labute approximate surface area is 162 Å². The van der Waals surface area contributed by atoms with Gasteiger partial charge in [-0.05, 0) is 36.4 Å². The lowest BCUT2D eigenvalue weighted by Gasteiger charge is -2.29. The molecule has 1 fully saturated rings. The Hall–Kier alpha value is -3.55. The van der Waals surface area contributed by atoms with Gasteiger partial charge in [-0.1, -0.05) is 6.08 Å². The third-order valence-electron chi connectivity index (χ3n) is 4.42. The van der Waals surface area contributed by atoms with Crippen LogP contribution >= 0.6 is 0 Å². The highest BCUT2D eigenvalue weighted by Crippen LogP contribution is 2.28. The summed E-state index contributed by atoms with van der Waals surface area (Å²) >= 11 is 0. The van der Waals surface area contributed by atoms with Gasteiger partial charge in [0.05, 0.1) is 26.3 Å². The Morgan fingerprint density at radius 2 is 1.68 bits per heavy atom. The summed E-state index contributed by atoms with van der Waals surface area (Å²) in [6.07, 6.45) is 6.54. The zero-order chi connectivity index (χ0) is 20.1. The van der Waals surface area contributed by atoms with Crippen LogP contribution in [0.5, 0.6) is 0 Å². The minimum absolute atomic E-state index is 0.0181. The number of rotatable bonds is 4. The van der Waals surface area contributed by atoms with Crippen LogP contribution in [0.4, 0.5) is 11.4 Å². The van der Waals surface area contributed by atoms with Crippen molar-refractivity contribution >= 4 is 29.2 Å². The van der Waals surface area contributed by atoms with E-state index in [9.17, 15) is 14.4 Å². The zero-order valence-electron chi connectivity index (χ0n) is 15.7. The molecule has 1 aromatic carbocycles. The minimum Gasteiger partial charge on any atom is -0.465 e. The first-order chi connectivity index (χ1) is 13.5. The molecule has 1 aromatic rings.